The van der Waals surface area contributed by atoms with Crippen LogP contribution in [-0.2, 0) is 0 Å². The van der Waals surface area contributed by atoms with Gasteiger partial charge in [-0.25, -0.2) is 4.79 Å². The third-order valence-corrected chi connectivity index (χ3v) is 3.19. The van der Waals surface area contributed by atoms with Gasteiger partial charge in [0.2, 0.25) is 0 Å². The molecule has 92 valence electrons. The predicted octanol–water partition coefficient (Wildman–Crippen LogP) is 2.34. The van der Waals surface area contributed by atoms with Crippen LogP contribution in [0.1, 0.15) is 37.8 Å². The molecule has 1 saturated heterocycles. The molecule has 0 saturated carbocycles. The lowest BCUT2D eigenvalue weighted by atomic mass is 10.1. The number of carbonyl (C=O) groups is 1. The van der Waals surface area contributed by atoms with Gasteiger partial charge < -0.3 is 10.2 Å². The van der Waals surface area contributed by atoms with Gasteiger partial charge in [-0.1, -0.05) is 0 Å². The first-order valence-electron chi connectivity index (χ1n) is 6.23. The fourth-order valence-corrected chi connectivity index (χ4v) is 2.11. The zero-order valence-electron chi connectivity index (χ0n) is 10.2. The molecule has 1 unspecified atom stereocenters. The lowest BCUT2D eigenvalue weighted by molar-refractivity contribution is 0.183. The average Bonchev–Trinajstić information content (AvgIpc) is 2.40. The number of piperidine rings is 1. The molecular formula is C13H19N3O. The summed E-state index contributed by atoms with van der Waals surface area (Å²) in [5, 5.41) is 3.03. The van der Waals surface area contributed by atoms with Crippen molar-refractivity contribution in [2.75, 3.05) is 13.1 Å². The van der Waals surface area contributed by atoms with Crippen molar-refractivity contribution >= 4 is 6.03 Å². The van der Waals surface area contributed by atoms with Gasteiger partial charge in [0, 0.05) is 25.5 Å². The van der Waals surface area contributed by atoms with Crippen LogP contribution in [0.15, 0.2) is 24.5 Å². The van der Waals surface area contributed by atoms with Gasteiger partial charge in [0.25, 0.3) is 0 Å². The third-order valence-electron chi connectivity index (χ3n) is 3.19. The summed E-state index contributed by atoms with van der Waals surface area (Å²) in [5.41, 5.74) is 1.09. The van der Waals surface area contributed by atoms with E-state index in [4.69, 9.17) is 0 Å². The minimum absolute atomic E-state index is 0.0347. The average molecular weight is 233 g/mol. The van der Waals surface area contributed by atoms with Crippen molar-refractivity contribution in [1.82, 2.24) is 15.2 Å². The van der Waals surface area contributed by atoms with Crippen LogP contribution in [0.3, 0.4) is 0 Å². The number of carbonyl (C=O) groups excluding carboxylic acids is 1. The van der Waals surface area contributed by atoms with Crippen molar-refractivity contribution < 1.29 is 4.79 Å². The van der Waals surface area contributed by atoms with Gasteiger partial charge in [-0.3, -0.25) is 4.98 Å². The molecule has 1 fully saturated rings. The number of hydrogen-bond donors (Lipinski definition) is 1. The highest BCUT2D eigenvalue weighted by molar-refractivity contribution is 5.74. The third kappa shape index (κ3) is 3.19. The molecule has 17 heavy (non-hydrogen) atoms. The van der Waals surface area contributed by atoms with Crippen LogP contribution in [-0.4, -0.2) is 29.0 Å². The molecule has 2 rings (SSSR count). The molecule has 1 atom stereocenters. The van der Waals surface area contributed by atoms with Crippen LogP contribution < -0.4 is 5.32 Å². The first kappa shape index (κ1) is 11.9. The number of nitrogens with one attached hydrogen (secondary N) is 1. The maximum absolute atomic E-state index is 12.0. The molecule has 2 amide bonds. The first-order chi connectivity index (χ1) is 8.27. The van der Waals surface area contributed by atoms with Crippen molar-refractivity contribution in [3.05, 3.63) is 30.1 Å². The van der Waals surface area contributed by atoms with Crippen LogP contribution in [0.25, 0.3) is 0 Å². The van der Waals surface area contributed by atoms with E-state index in [2.05, 4.69) is 10.3 Å². The van der Waals surface area contributed by atoms with Crippen molar-refractivity contribution in [3.8, 4) is 0 Å². The maximum Gasteiger partial charge on any atom is 0.317 e. The smallest absolute Gasteiger partial charge is 0.317 e. The van der Waals surface area contributed by atoms with E-state index in [0.29, 0.717) is 0 Å². The summed E-state index contributed by atoms with van der Waals surface area (Å²) in [6.45, 7) is 3.76. The molecule has 2 heterocycles. The monoisotopic (exact) mass is 233 g/mol. The number of pyridine rings is 1. The molecule has 1 aromatic heterocycles. The van der Waals surface area contributed by atoms with Crippen molar-refractivity contribution in [2.24, 2.45) is 0 Å². The van der Waals surface area contributed by atoms with Crippen LogP contribution >= 0.6 is 0 Å². The van der Waals surface area contributed by atoms with Gasteiger partial charge in [-0.05, 0) is 43.9 Å². The van der Waals surface area contributed by atoms with Crippen LogP contribution in [0.4, 0.5) is 4.79 Å². The molecule has 1 aliphatic rings. The molecule has 0 spiro atoms. The number of likely N-dealkylation sites (tertiary alicyclic amines) is 1. The van der Waals surface area contributed by atoms with Gasteiger partial charge >= 0.3 is 6.03 Å². The molecule has 0 radical (unpaired) electrons. The largest absolute Gasteiger partial charge is 0.331 e. The minimum atomic E-state index is 0.0347. The summed E-state index contributed by atoms with van der Waals surface area (Å²) in [5.74, 6) is 0. The summed E-state index contributed by atoms with van der Waals surface area (Å²) in [4.78, 5) is 17.9. The molecule has 0 bridgehead atoms. The Morgan fingerprint density at radius 3 is 2.59 bits per heavy atom. The molecule has 1 aromatic rings. The standard InChI is InChI=1S/C13H19N3O/c1-11(12-5-7-14-8-6-12)15-13(17)16-9-3-2-4-10-16/h5-8,11H,2-4,9-10H2,1H3,(H,15,17). The van der Waals surface area contributed by atoms with Crippen LogP contribution in [0.2, 0.25) is 0 Å². The zero-order chi connectivity index (χ0) is 12.1. The van der Waals surface area contributed by atoms with E-state index in [-0.39, 0.29) is 12.1 Å². The second kappa shape index (κ2) is 5.66. The van der Waals surface area contributed by atoms with Gasteiger partial charge in [0.05, 0.1) is 6.04 Å². The Hall–Kier alpha value is -1.58. The molecular weight excluding hydrogens is 214 g/mol. The topological polar surface area (TPSA) is 45.2 Å². The number of rotatable bonds is 2. The summed E-state index contributed by atoms with van der Waals surface area (Å²) < 4.78 is 0. The minimum Gasteiger partial charge on any atom is -0.331 e. The van der Waals surface area contributed by atoms with E-state index in [1.165, 1.54) is 6.42 Å². The van der Waals surface area contributed by atoms with Crippen molar-refractivity contribution in [2.45, 2.75) is 32.2 Å². The molecule has 1 N–H and O–H groups in total. The second-order valence-corrected chi connectivity index (χ2v) is 4.50. The van der Waals surface area contributed by atoms with Gasteiger partial charge in [-0.2, -0.15) is 0 Å². The fourth-order valence-electron chi connectivity index (χ4n) is 2.11. The van der Waals surface area contributed by atoms with E-state index in [1.807, 2.05) is 24.0 Å². The lowest BCUT2D eigenvalue weighted by Crippen LogP contribution is -2.43. The summed E-state index contributed by atoms with van der Waals surface area (Å²) in [7, 11) is 0. The molecule has 0 aliphatic carbocycles. The second-order valence-electron chi connectivity index (χ2n) is 4.50. The number of nitrogens with zero attached hydrogens (tertiary/aromatic N) is 2. The SMILES string of the molecule is CC(NC(=O)N1CCCCC1)c1ccncc1. The number of urea groups is 1. The fraction of sp³-hybridized carbons (Fsp3) is 0.538. The lowest BCUT2D eigenvalue weighted by Gasteiger charge is -2.28. The van der Waals surface area contributed by atoms with E-state index < -0.39 is 0 Å². The normalized spacial score (nSPS) is 17.6. The Balaban J connectivity index is 1.89. The molecule has 4 heteroatoms. The highest BCUT2D eigenvalue weighted by atomic mass is 16.2. The Morgan fingerprint density at radius 1 is 1.29 bits per heavy atom. The first-order valence-corrected chi connectivity index (χ1v) is 6.23. The van der Waals surface area contributed by atoms with E-state index in [0.717, 1.165) is 31.5 Å². The quantitative estimate of drug-likeness (QED) is 0.852. The number of hydrogen-bond acceptors (Lipinski definition) is 2. The summed E-state index contributed by atoms with van der Waals surface area (Å²) in [6.07, 6.45) is 6.98. The van der Waals surface area contributed by atoms with Crippen molar-refractivity contribution in [3.63, 3.8) is 0 Å². The van der Waals surface area contributed by atoms with E-state index in [9.17, 15) is 4.79 Å². The van der Waals surface area contributed by atoms with Gasteiger partial charge in [0.15, 0.2) is 0 Å². The number of aromatic nitrogens is 1. The Morgan fingerprint density at radius 2 is 1.94 bits per heavy atom. The highest BCUT2D eigenvalue weighted by Crippen LogP contribution is 2.13. The Kier molecular flexibility index (Phi) is 3.96. The highest BCUT2D eigenvalue weighted by Gasteiger charge is 2.18. The Labute approximate surface area is 102 Å². The van der Waals surface area contributed by atoms with E-state index >= 15 is 0 Å². The zero-order valence-corrected chi connectivity index (χ0v) is 10.2. The molecule has 0 aromatic carbocycles. The van der Waals surface area contributed by atoms with E-state index in [1.54, 1.807) is 12.4 Å². The summed E-state index contributed by atoms with van der Waals surface area (Å²) >= 11 is 0. The van der Waals surface area contributed by atoms with Crippen molar-refractivity contribution in [1.29, 1.82) is 0 Å². The Bertz CT molecular complexity index is 360. The van der Waals surface area contributed by atoms with Crippen LogP contribution in [0, 0.1) is 0 Å². The number of amides is 2. The maximum atomic E-state index is 12.0. The summed E-state index contributed by atoms with van der Waals surface area (Å²) in [6, 6.07) is 3.95. The molecule has 1 aliphatic heterocycles. The van der Waals surface area contributed by atoms with Gasteiger partial charge in [0.1, 0.15) is 0 Å². The molecule has 4 nitrogen and oxygen atoms in total. The predicted molar refractivity (Wildman–Crippen MR) is 66.6 cm³/mol. The van der Waals surface area contributed by atoms with Gasteiger partial charge in [-0.15, -0.1) is 0 Å². The van der Waals surface area contributed by atoms with Crippen LogP contribution in [0.5, 0.6) is 0 Å².